The van der Waals surface area contributed by atoms with Crippen molar-refractivity contribution in [1.29, 1.82) is 0 Å². The van der Waals surface area contributed by atoms with Crippen molar-refractivity contribution in [1.82, 2.24) is 20.1 Å². The van der Waals surface area contributed by atoms with Crippen LogP contribution in [-0.2, 0) is 7.05 Å². The van der Waals surface area contributed by atoms with Gasteiger partial charge in [-0.2, -0.15) is 10.1 Å². The molecule has 1 amide bonds. The number of nitrogens with zero attached hydrogens (tertiary/aromatic N) is 3. The Labute approximate surface area is 141 Å². The lowest BCUT2D eigenvalue weighted by Gasteiger charge is -2.19. The monoisotopic (exact) mass is 381 g/mol. The molecular weight excluding hydrogens is 365 g/mol. The summed E-state index contributed by atoms with van der Waals surface area (Å²) in [6.45, 7) is 1.88. The summed E-state index contributed by atoms with van der Waals surface area (Å²) in [5, 5.41) is 10.3. The molecule has 1 fully saturated rings. The number of carbonyl (C=O) groups excluding carboxylic acids is 1. The molecule has 2 aromatic rings. The first-order valence-electron chi connectivity index (χ1n) is 7.42. The molecule has 1 aliphatic rings. The van der Waals surface area contributed by atoms with E-state index in [1.165, 1.54) is 16.8 Å². The molecular formula is C15H17BrFN5O. The largest absolute Gasteiger partial charge is 0.317 e. The Hall–Kier alpha value is -1.80. The number of hydrogen-bond donors (Lipinski definition) is 2. The third-order valence-electron chi connectivity index (χ3n) is 3.88. The molecule has 122 valence electrons. The molecule has 1 aliphatic heterocycles. The normalized spacial score (nSPS) is 15.6. The minimum Gasteiger partial charge on any atom is -0.317 e. The van der Waals surface area contributed by atoms with E-state index in [1.54, 1.807) is 13.1 Å². The van der Waals surface area contributed by atoms with Gasteiger partial charge in [-0.25, -0.2) is 9.07 Å². The summed E-state index contributed by atoms with van der Waals surface area (Å²) < 4.78 is 15.9. The third-order valence-corrected chi connectivity index (χ3v) is 4.38. The Kier molecular flexibility index (Phi) is 4.72. The Balaban J connectivity index is 1.78. The Morgan fingerprint density at radius 2 is 2.17 bits per heavy atom. The zero-order valence-corrected chi connectivity index (χ0v) is 14.2. The highest BCUT2D eigenvalue weighted by atomic mass is 79.9. The van der Waals surface area contributed by atoms with Crippen LogP contribution in [0.3, 0.4) is 0 Å². The van der Waals surface area contributed by atoms with Crippen LogP contribution in [0.1, 0.15) is 34.9 Å². The molecule has 0 spiro atoms. The standard InChI is InChI=1S/C15H17BrFN5O/c1-22-15(19-13(21-22)9-4-6-18-7-5-9)20-14(23)11-8-10(16)2-3-12(11)17/h2-3,8-9,18H,4-7H2,1H3,(H,19,20,21,23). The molecule has 0 atom stereocenters. The lowest BCUT2D eigenvalue weighted by Crippen LogP contribution is -2.27. The summed E-state index contributed by atoms with van der Waals surface area (Å²) in [4.78, 5) is 16.7. The van der Waals surface area contributed by atoms with Gasteiger partial charge in [-0.15, -0.1) is 0 Å². The molecule has 0 saturated carbocycles. The number of benzene rings is 1. The van der Waals surface area contributed by atoms with Crippen LogP contribution in [0, 0.1) is 5.82 Å². The molecule has 2 N–H and O–H groups in total. The summed E-state index contributed by atoms with van der Waals surface area (Å²) in [5.41, 5.74) is -0.0363. The molecule has 1 saturated heterocycles. The van der Waals surface area contributed by atoms with Gasteiger partial charge < -0.3 is 5.32 Å². The van der Waals surface area contributed by atoms with Gasteiger partial charge in [-0.3, -0.25) is 10.1 Å². The van der Waals surface area contributed by atoms with Crippen molar-refractivity contribution in [3.05, 3.63) is 39.9 Å². The van der Waals surface area contributed by atoms with Gasteiger partial charge in [0.15, 0.2) is 5.82 Å². The number of halogens is 2. The number of aromatic nitrogens is 3. The van der Waals surface area contributed by atoms with Gasteiger partial charge in [-0.05, 0) is 44.1 Å². The van der Waals surface area contributed by atoms with Gasteiger partial charge >= 0.3 is 0 Å². The highest BCUT2D eigenvalue weighted by Crippen LogP contribution is 2.23. The molecule has 0 aliphatic carbocycles. The molecule has 3 rings (SSSR count). The van der Waals surface area contributed by atoms with Crippen molar-refractivity contribution in [3.63, 3.8) is 0 Å². The molecule has 23 heavy (non-hydrogen) atoms. The van der Waals surface area contributed by atoms with Crippen LogP contribution in [0.5, 0.6) is 0 Å². The van der Waals surface area contributed by atoms with Crippen LogP contribution in [-0.4, -0.2) is 33.8 Å². The summed E-state index contributed by atoms with van der Waals surface area (Å²) >= 11 is 3.23. The number of rotatable bonds is 3. The molecule has 1 aromatic heterocycles. The summed E-state index contributed by atoms with van der Waals surface area (Å²) in [6.07, 6.45) is 1.94. The zero-order chi connectivity index (χ0) is 16.4. The number of anilines is 1. The molecule has 0 radical (unpaired) electrons. The van der Waals surface area contributed by atoms with Crippen molar-refractivity contribution in [3.8, 4) is 0 Å². The first-order valence-corrected chi connectivity index (χ1v) is 8.22. The fourth-order valence-electron chi connectivity index (χ4n) is 2.61. The van der Waals surface area contributed by atoms with E-state index in [0.29, 0.717) is 10.4 Å². The highest BCUT2D eigenvalue weighted by Gasteiger charge is 2.22. The predicted octanol–water partition coefficient (Wildman–Crippen LogP) is 2.44. The van der Waals surface area contributed by atoms with E-state index in [0.717, 1.165) is 31.8 Å². The average molecular weight is 382 g/mol. The second-order valence-corrected chi connectivity index (χ2v) is 6.44. The average Bonchev–Trinajstić information content (AvgIpc) is 2.91. The van der Waals surface area contributed by atoms with E-state index in [2.05, 4.69) is 36.6 Å². The Bertz CT molecular complexity index is 727. The minimum absolute atomic E-state index is 0.0363. The fraction of sp³-hybridized carbons (Fsp3) is 0.400. The first kappa shape index (κ1) is 16.1. The maximum Gasteiger partial charge on any atom is 0.261 e. The molecule has 1 aromatic carbocycles. The van der Waals surface area contributed by atoms with E-state index in [4.69, 9.17) is 0 Å². The molecule has 0 bridgehead atoms. The molecule has 2 heterocycles. The van der Waals surface area contributed by atoms with Crippen LogP contribution < -0.4 is 10.6 Å². The SMILES string of the molecule is Cn1nc(C2CCNCC2)nc1NC(=O)c1cc(Br)ccc1F. The predicted molar refractivity (Wildman–Crippen MR) is 87.9 cm³/mol. The van der Waals surface area contributed by atoms with Gasteiger partial charge in [0, 0.05) is 17.4 Å². The number of aryl methyl sites for hydroxylation is 1. The number of nitrogens with one attached hydrogen (secondary N) is 2. The first-order chi connectivity index (χ1) is 11.0. The smallest absolute Gasteiger partial charge is 0.261 e. The van der Waals surface area contributed by atoms with Crippen molar-refractivity contribution in [2.75, 3.05) is 18.4 Å². The van der Waals surface area contributed by atoms with E-state index in [1.807, 2.05) is 0 Å². The molecule has 6 nitrogen and oxygen atoms in total. The van der Waals surface area contributed by atoms with Crippen molar-refractivity contribution in [2.24, 2.45) is 7.05 Å². The Morgan fingerprint density at radius 3 is 2.91 bits per heavy atom. The van der Waals surface area contributed by atoms with Crippen LogP contribution in [0.15, 0.2) is 22.7 Å². The van der Waals surface area contributed by atoms with E-state index in [9.17, 15) is 9.18 Å². The quantitative estimate of drug-likeness (QED) is 0.856. The zero-order valence-electron chi connectivity index (χ0n) is 12.6. The third kappa shape index (κ3) is 3.59. The number of carbonyl (C=O) groups is 1. The van der Waals surface area contributed by atoms with E-state index < -0.39 is 11.7 Å². The lowest BCUT2D eigenvalue weighted by atomic mass is 9.98. The van der Waals surface area contributed by atoms with Crippen LogP contribution in [0.4, 0.5) is 10.3 Å². The molecule has 8 heteroatoms. The van der Waals surface area contributed by atoms with Crippen LogP contribution in [0.25, 0.3) is 0 Å². The topological polar surface area (TPSA) is 71.8 Å². The van der Waals surface area contributed by atoms with Gasteiger partial charge in [-0.1, -0.05) is 15.9 Å². The number of piperidine rings is 1. The number of amides is 1. The highest BCUT2D eigenvalue weighted by molar-refractivity contribution is 9.10. The minimum atomic E-state index is -0.577. The maximum absolute atomic E-state index is 13.8. The van der Waals surface area contributed by atoms with Crippen molar-refractivity contribution < 1.29 is 9.18 Å². The van der Waals surface area contributed by atoms with Crippen LogP contribution in [0.2, 0.25) is 0 Å². The second-order valence-electron chi connectivity index (χ2n) is 5.52. The second kappa shape index (κ2) is 6.76. The summed E-state index contributed by atoms with van der Waals surface area (Å²) in [5.74, 6) is 0.209. The van der Waals surface area contributed by atoms with Gasteiger partial charge in [0.25, 0.3) is 5.91 Å². The summed E-state index contributed by atoms with van der Waals surface area (Å²) in [6, 6.07) is 4.23. The number of hydrogen-bond acceptors (Lipinski definition) is 4. The van der Waals surface area contributed by atoms with Gasteiger partial charge in [0.1, 0.15) is 5.82 Å². The maximum atomic E-state index is 13.8. The van der Waals surface area contributed by atoms with Crippen molar-refractivity contribution >= 4 is 27.8 Å². The lowest BCUT2D eigenvalue weighted by molar-refractivity contribution is 0.102. The Morgan fingerprint density at radius 1 is 1.43 bits per heavy atom. The van der Waals surface area contributed by atoms with Crippen molar-refractivity contribution in [2.45, 2.75) is 18.8 Å². The molecule has 0 unspecified atom stereocenters. The van der Waals surface area contributed by atoms with E-state index in [-0.39, 0.29) is 11.5 Å². The van der Waals surface area contributed by atoms with Crippen LogP contribution >= 0.6 is 15.9 Å². The van der Waals surface area contributed by atoms with Gasteiger partial charge in [0.2, 0.25) is 5.95 Å². The fourth-order valence-corrected chi connectivity index (χ4v) is 2.97. The van der Waals surface area contributed by atoms with Gasteiger partial charge in [0.05, 0.1) is 5.56 Å². The summed E-state index contributed by atoms with van der Waals surface area (Å²) in [7, 11) is 1.71. The van der Waals surface area contributed by atoms with E-state index >= 15 is 0 Å².